The first-order valence-electron chi connectivity index (χ1n) is 8.88. The summed E-state index contributed by atoms with van der Waals surface area (Å²) in [5.41, 5.74) is 0.156. The molecule has 2 aliphatic rings. The van der Waals surface area contributed by atoms with Crippen LogP contribution in [0.1, 0.15) is 19.3 Å². The van der Waals surface area contributed by atoms with Crippen molar-refractivity contribution in [2.24, 2.45) is 11.8 Å². The lowest BCUT2D eigenvalue weighted by Crippen LogP contribution is -2.33. The molecule has 29 heavy (non-hydrogen) atoms. The van der Waals surface area contributed by atoms with Gasteiger partial charge in [0.2, 0.25) is 11.8 Å². The molecule has 3 rings (SSSR count). The van der Waals surface area contributed by atoms with Crippen LogP contribution < -0.4 is 5.32 Å². The monoisotopic (exact) mass is 458 g/mol. The number of benzene rings is 1. The van der Waals surface area contributed by atoms with E-state index < -0.39 is 18.5 Å². The second-order valence-electron chi connectivity index (χ2n) is 6.69. The lowest BCUT2D eigenvalue weighted by Gasteiger charge is -2.14. The Labute approximate surface area is 181 Å². The number of fused-ring (bicyclic) bond motifs is 1. The zero-order chi connectivity index (χ0) is 21.1. The van der Waals surface area contributed by atoms with Gasteiger partial charge in [-0.15, -0.1) is 0 Å². The first-order chi connectivity index (χ1) is 13.8. The number of carbonyl (C=O) groups is 4. The lowest BCUT2D eigenvalue weighted by atomic mass is 9.85. The highest BCUT2D eigenvalue weighted by molar-refractivity contribution is 6.42. The minimum Gasteiger partial charge on any atom is -0.456 e. The molecule has 1 aromatic rings. The minimum atomic E-state index is -0.706. The van der Waals surface area contributed by atoms with Crippen molar-refractivity contribution < 1.29 is 23.9 Å². The number of ether oxygens (including phenoxy) is 1. The van der Waals surface area contributed by atoms with Crippen molar-refractivity contribution in [3.63, 3.8) is 0 Å². The number of nitrogens with one attached hydrogen (secondary N) is 1. The molecule has 2 atom stereocenters. The van der Waals surface area contributed by atoms with Crippen LogP contribution in [0.2, 0.25) is 15.1 Å². The maximum absolute atomic E-state index is 12.3. The van der Waals surface area contributed by atoms with Crippen LogP contribution >= 0.6 is 34.8 Å². The van der Waals surface area contributed by atoms with E-state index in [1.165, 1.54) is 12.1 Å². The fourth-order valence-corrected chi connectivity index (χ4v) is 4.26. The molecule has 3 amide bonds. The number of hydrogen-bond acceptors (Lipinski definition) is 5. The summed E-state index contributed by atoms with van der Waals surface area (Å²) in [6.07, 6.45) is 4.66. The fourth-order valence-electron chi connectivity index (χ4n) is 3.35. The van der Waals surface area contributed by atoms with Crippen LogP contribution in [0.4, 0.5) is 5.69 Å². The molecule has 1 N–H and O–H groups in total. The first kappa shape index (κ1) is 21.6. The summed E-state index contributed by atoms with van der Waals surface area (Å²) >= 11 is 17.8. The lowest BCUT2D eigenvalue weighted by molar-refractivity contribution is -0.148. The minimum absolute atomic E-state index is 0.0695. The average Bonchev–Trinajstić information content (AvgIpc) is 2.92. The standard InChI is InChI=1S/C19H17Cl3N2O5/c20-10-7-13(21)17(14(22)8-10)23-15(25)9-29-16(26)5-6-24-18(27)11-3-1-2-4-12(11)19(24)28/h1-2,7-8,11-12H,3-6,9H2,(H,23,25)/t11-,12-/m0/s1. The third kappa shape index (κ3) is 4.91. The Bertz CT molecular complexity index is 853. The van der Waals surface area contributed by atoms with Crippen LogP contribution in [0.3, 0.4) is 0 Å². The van der Waals surface area contributed by atoms with E-state index in [1.54, 1.807) is 0 Å². The van der Waals surface area contributed by atoms with Gasteiger partial charge in [-0.3, -0.25) is 24.1 Å². The van der Waals surface area contributed by atoms with Gasteiger partial charge in [0.1, 0.15) is 0 Å². The average molecular weight is 460 g/mol. The molecule has 0 unspecified atom stereocenters. The molecule has 10 heteroatoms. The van der Waals surface area contributed by atoms with E-state index in [9.17, 15) is 19.2 Å². The molecule has 0 bridgehead atoms. The number of allylic oxidation sites excluding steroid dienone is 2. The van der Waals surface area contributed by atoms with Crippen LogP contribution in [0, 0.1) is 11.8 Å². The van der Waals surface area contributed by atoms with E-state index in [4.69, 9.17) is 39.5 Å². The molecule has 0 saturated carbocycles. The molecular weight excluding hydrogens is 443 g/mol. The van der Waals surface area contributed by atoms with Crippen molar-refractivity contribution in [2.45, 2.75) is 19.3 Å². The summed E-state index contributed by atoms with van der Waals surface area (Å²) < 4.78 is 4.90. The summed E-state index contributed by atoms with van der Waals surface area (Å²) in [4.78, 5) is 49.7. The molecular formula is C19H17Cl3N2O5. The molecule has 1 heterocycles. The van der Waals surface area contributed by atoms with E-state index >= 15 is 0 Å². The second-order valence-corrected chi connectivity index (χ2v) is 7.94. The number of rotatable bonds is 6. The summed E-state index contributed by atoms with van der Waals surface area (Å²) in [6.45, 7) is -0.634. The van der Waals surface area contributed by atoms with Gasteiger partial charge >= 0.3 is 5.97 Å². The smallest absolute Gasteiger partial charge is 0.308 e. The van der Waals surface area contributed by atoms with Gasteiger partial charge in [-0.05, 0) is 25.0 Å². The van der Waals surface area contributed by atoms with Crippen molar-refractivity contribution in [3.8, 4) is 0 Å². The van der Waals surface area contributed by atoms with E-state index in [2.05, 4.69) is 5.32 Å². The molecule has 1 aromatic carbocycles. The van der Waals surface area contributed by atoms with Crippen LogP contribution in [0.5, 0.6) is 0 Å². The first-order valence-corrected chi connectivity index (χ1v) is 10.0. The Morgan fingerprint density at radius 2 is 1.59 bits per heavy atom. The predicted octanol–water partition coefficient (Wildman–Crippen LogP) is 3.47. The van der Waals surface area contributed by atoms with Crippen molar-refractivity contribution in [1.29, 1.82) is 0 Å². The zero-order valence-corrected chi connectivity index (χ0v) is 17.4. The fraction of sp³-hybridized carbons (Fsp3) is 0.368. The van der Waals surface area contributed by atoms with Gasteiger partial charge in [-0.25, -0.2) is 0 Å². The summed E-state index contributed by atoms with van der Waals surface area (Å²) in [6, 6.07) is 2.82. The summed E-state index contributed by atoms with van der Waals surface area (Å²) in [5, 5.41) is 3.04. The van der Waals surface area contributed by atoms with E-state index in [0.29, 0.717) is 17.9 Å². The normalized spacial score (nSPS) is 20.6. The molecule has 7 nitrogen and oxygen atoms in total. The van der Waals surface area contributed by atoms with Crippen LogP contribution in [0.25, 0.3) is 0 Å². The molecule has 1 fully saturated rings. The molecule has 1 saturated heterocycles. The Morgan fingerprint density at radius 3 is 2.14 bits per heavy atom. The van der Waals surface area contributed by atoms with E-state index in [1.807, 2.05) is 12.2 Å². The molecule has 154 valence electrons. The van der Waals surface area contributed by atoms with Gasteiger partial charge in [0, 0.05) is 11.6 Å². The van der Waals surface area contributed by atoms with Crippen molar-refractivity contribution >= 4 is 64.2 Å². The SMILES string of the molecule is O=C(COC(=O)CCN1C(=O)[C@H]2CC=CC[C@@H]2C1=O)Nc1c(Cl)cc(Cl)cc1Cl. The quantitative estimate of drug-likeness (QED) is 0.399. The number of esters is 1. The van der Waals surface area contributed by atoms with Gasteiger partial charge in [-0.2, -0.15) is 0 Å². The molecule has 0 radical (unpaired) electrons. The number of halogens is 3. The topological polar surface area (TPSA) is 92.8 Å². The Kier molecular flexibility index (Phi) is 6.82. The number of carbonyl (C=O) groups excluding carboxylic acids is 4. The number of nitrogens with zero attached hydrogens (tertiary/aromatic N) is 1. The van der Waals surface area contributed by atoms with Gasteiger partial charge in [0.25, 0.3) is 5.91 Å². The number of anilines is 1. The number of likely N-dealkylation sites (tertiary alicyclic amines) is 1. The van der Waals surface area contributed by atoms with Crippen LogP contribution in [-0.4, -0.2) is 41.7 Å². The van der Waals surface area contributed by atoms with E-state index in [0.717, 1.165) is 4.90 Å². The zero-order valence-electron chi connectivity index (χ0n) is 15.1. The van der Waals surface area contributed by atoms with Gasteiger partial charge in [0.15, 0.2) is 6.61 Å². The van der Waals surface area contributed by atoms with Crippen LogP contribution in [0.15, 0.2) is 24.3 Å². The number of imide groups is 1. The maximum atomic E-state index is 12.3. The largest absolute Gasteiger partial charge is 0.456 e. The number of hydrogen-bond donors (Lipinski definition) is 1. The van der Waals surface area contributed by atoms with E-state index in [-0.39, 0.29) is 52.3 Å². The predicted molar refractivity (Wildman–Crippen MR) is 108 cm³/mol. The summed E-state index contributed by atoms with van der Waals surface area (Å²) in [7, 11) is 0. The van der Waals surface area contributed by atoms with Gasteiger partial charge in [-0.1, -0.05) is 47.0 Å². The highest BCUT2D eigenvalue weighted by atomic mass is 35.5. The highest BCUT2D eigenvalue weighted by Crippen LogP contribution is 2.35. The van der Waals surface area contributed by atoms with Crippen molar-refractivity contribution in [3.05, 3.63) is 39.4 Å². The maximum Gasteiger partial charge on any atom is 0.308 e. The Balaban J connectivity index is 1.46. The Morgan fingerprint density at radius 1 is 1.03 bits per heavy atom. The molecule has 0 spiro atoms. The van der Waals surface area contributed by atoms with Gasteiger partial charge < -0.3 is 10.1 Å². The third-order valence-corrected chi connectivity index (χ3v) is 5.59. The summed E-state index contributed by atoms with van der Waals surface area (Å²) in [5.74, 6) is -2.56. The molecule has 0 aromatic heterocycles. The Hall–Kier alpha value is -2.09. The third-order valence-electron chi connectivity index (χ3n) is 4.77. The number of amides is 3. The van der Waals surface area contributed by atoms with Crippen LogP contribution in [-0.2, 0) is 23.9 Å². The molecule has 1 aliphatic heterocycles. The van der Waals surface area contributed by atoms with Crippen molar-refractivity contribution in [1.82, 2.24) is 4.90 Å². The second kappa shape index (κ2) is 9.15. The van der Waals surface area contributed by atoms with Crippen molar-refractivity contribution in [2.75, 3.05) is 18.5 Å². The highest BCUT2D eigenvalue weighted by Gasteiger charge is 2.46. The molecule has 1 aliphatic carbocycles. The van der Waals surface area contributed by atoms with Gasteiger partial charge in [0.05, 0.1) is 34.0 Å².